The third kappa shape index (κ3) is 3.25. The van der Waals surface area contributed by atoms with Crippen LogP contribution in [0.1, 0.15) is 5.89 Å². The molecule has 0 aliphatic carbocycles. The van der Waals surface area contributed by atoms with E-state index in [1.165, 1.54) is 12.1 Å². The van der Waals surface area contributed by atoms with Crippen LogP contribution in [0.15, 0.2) is 70.0 Å². The molecule has 2 N–H and O–H groups in total. The smallest absolute Gasteiger partial charge is 0.263 e. The lowest BCUT2D eigenvalue weighted by molar-refractivity contribution is 0.241. The molecule has 6 nitrogen and oxygen atoms in total. The Kier molecular flexibility index (Phi) is 4.14. The van der Waals surface area contributed by atoms with Gasteiger partial charge >= 0.3 is 0 Å². The van der Waals surface area contributed by atoms with Crippen molar-refractivity contribution in [1.29, 1.82) is 0 Å². The molecule has 2 aromatic carbocycles. The van der Waals surface area contributed by atoms with Crippen LogP contribution in [0.4, 0.5) is 5.82 Å². The second-order valence-electron chi connectivity index (χ2n) is 4.73. The Morgan fingerprint density at radius 3 is 2.22 bits per heavy atom. The number of sulfonamides is 1. The van der Waals surface area contributed by atoms with Gasteiger partial charge < -0.3 is 9.52 Å². The van der Waals surface area contributed by atoms with Gasteiger partial charge in [-0.25, -0.2) is 8.42 Å². The van der Waals surface area contributed by atoms with Gasteiger partial charge in [0.05, 0.1) is 4.90 Å². The standard InChI is InChI=1S/C16H14N2O4S/c19-11-14-17-16(15(22-14)12-7-3-1-4-8-12)18-23(20,21)13-9-5-2-6-10-13/h1-10,18-19H,11H2. The zero-order valence-corrected chi connectivity index (χ0v) is 12.8. The molecule has 3 rings (SSSR count). The maximum absolute atomic E-state index is 12.4. The zero-order valence-electron chi connectivity index (χ0n) is 12.0. The summed E-state index contributed by atoms with van der Waals surface area (Å²) < 4.78 is 32.7. The van der Waals surface area contributed by atoms with Gasteiger partial charge in [-0.1, -0.05) is 48.5 Å². The Balaban J connectivity index is 2.02. The molecule has 0 fully saturated rings. The molecule has 0 unspecified atom stereocenters. The average Bonchev–Trinajstić information content (AvgIpc) is 2.99. The summed E-state index contributed by atoms with van der Waals surface area (Å²) in [6.07, 6.45) is 0. The molecule has 118 valence electrons. The Morgan fingerprint density at radius 2 is 1.61 bits per heavy atom. The minimum absolute atomic E-state index is 0.0367. The van der Waals surface area contributed by atoms with Gasteiger partial charge in [0.1, 0.15) is 6.61 Å². The minimum atomic E-state index is -3.79. The highest BCUT2D eigenvalue weighted by molar-refractivity contribution is 7.92. The number of nitrogens with one attached hydrogen (secondary N) is 1. The van der Waals surface area contributed by atoms with Crippen molar-refractivity contribution in [2.45, 2.75) is 11.5 Å². The summed E-state index contributed by atoms with van der Waals surface area (Å²) in [6.45, 7) is -0.424. The highest BCUT2D eigenvalue weighted by Gasteiger charge is 2.21. The Bertz CT molecular complexity index is 890. The van der Waals surface area contributed by atoms with Crippen molar-refractivity contribution in [2.24, 2.45) is 0 Å². The first-order valence-electron chi connectivity index (χ1n) is 6.84. The van der Waals surface area contributed by atoms with Gasteiger partial charge in [0.25, 0.3) is 10.0 Å². The number of benzene rings is 2. The van der Waals surface area contributed by atoms with E-state index in [0.29, 0.717) is 5.56 Å². The lowest BCUT2D eigenvalue weighted by atomic mass is 10.2. The van der Waals surface area contributed by atoms with E-state index in [-0.39, 0.29) is 22.4 Å². The molecular formula is C16H14N2O4S. The normalized spacial score (nSPS) is 11.3. The van der Waals surface area contributed by atoms with Gasteiger partial charge in [-0.2, -0.15) is 4.98 Å². The van der Waals surface area contributed by atoms with Crippen LogP contribution in [0.3, 0.4) is 0 Å². The van der Waals surface area contributed by atoms with Gasteiger partial charge in [0, 0.05) is 5.56 Å². The molecule has 1 heterocycles. The first kappa shape index (κ1) is 15.3. The lowest BCUT2D eigenvalue weighted by Gasteiger charge is -2.06. The zero-order chi connectivity index (χ0) is 16.3. The van der Waals surface area contributed by atoms with Crippen molar-refractivity contribution in [3.63, 3.8) is 0 Å². The molecular weight excluding hydrogens is 316 g/mol. The van der Waals surface area contributed by atoms with Gasteiger partial charge in [-0.15, -0.1) is 0 Å². The third-order valence-electron chi connectivity index (χ3n) is 3.13. The highest BCUT2D eigenvalue weighted by atomic mass is 32.2. The first-order valence-corrected chi connectivity index (χ1v) is 8.32. The molecule has 0 atom stereocenters. The van der Waals surface area contributed by atoms with Crippen LogP contribution < -0.4 is 4.72 Å². The maximum atomic E-state index is 12.4. The molecule has 23 heavy (non-hydrogen) atoms. The largest absolute Gasteiger partial charge is 0.436 e. The first-order chi connectivity index (χ1) is 11.1. The Morgan fingerprint density at radius 1 is 1.00 bits per heavy atom. The van der Waals surface area contributed by atoms with Crippen molar-refractivity contribution < 1.29 is 17.9 Å². The highest BCUT2D eigenvalue weighted by Crippen LogP contribution is 2.30. The Labute approximate surface area is 133 Å². The van der Waals surface area contributed by atoms with E-state index < -0.39 is 16.6 Å². The molecule has 3 aromatic rings. The number of hydrogen-bond acceptors (Lipinski definition) is 5. The van der Waals surface area contributed by atoms with Gasteiger partial charge in [-0.3, -0.25) is 4.72 Å². The SMILES string of the molecule is O=S(=O)(Nc1nc(CO)oc1-c1ccccc1)c1ccccc1. The van der Waals surface area contributed by atoms with Crippen molar-refractivity contribution in [3.05, 3.63) is 66.6 Å². The van der Waals surface area contributed by atoms with Gasteiger partial charge in [0.15, 0.2) is 11.6 Å². The lowest BCUT2D eigenvalue weighted by Crippen LogP contribution is -2.13. The molecule has 7 heteroatoms. The summed E-state index contributed by atoms with van der Waals surface area (Å²) in [4.78, 5) is 4.13. The van der Waals surface area contributed by atoms with E-state index in [0.717, 1.165) is 0 Å². The number of nitrogens with zero attached hydrogens (tertiary/aromatic N) is 1. The monoisotopic (exact) mass is 330 g/mol. The fraction of sp³-hybridized carbons (Fsp3) is 0.0625. The summed E-state index contributed by atoms with van der Waals surface area (Å²) in [6, 6.07) is 16.9. The van der Waals surface area contributed by atoms with Gasteiger partial charge in [0.2, 0.25) is 5.89 Å². The number of aromatic nitrogens is 1. The number of hydrogen-bond donors (Lipinski definition) is 2. The van der Waals surface area contributed by atoms with Crippen LogP contribution >= 0.6 is 0 Å². The van der Waals surface area contributed by atoms with E-state index in [2.05, 4.69) is 9.71 Å². The van der Waals surface area contributed by atoms with E-state index in [4.69, 9.17) is 4.42 Å². The maximum Gasteiger partial charge on any atom is 0.263 e. The number of anilines is 1. The predicted molar refractivity (Wildman–Crippen MR) is 85.1 cm³/mol. The molecule has 1 aromatic heterocycles. The summed E-state index contributed by atoms with van der Waals surface area (Å²) in [5, 5.41) is 9.20. The van der Waals surface area contributed by atoms with E-state index >= 15 is 0 Å². The van der Waals surface area contributed by atoms with Crippen molar-refractivity contribution in [2.75, 3.05) is 4.72 Å². The minimum Gasteiger partial charge on any atom is -0.436 e. The van der Waals surface area contributed by atoms with Crippen molar-refractivity contribution in [3.8, 4) is 11.3 Å². The van der Waals surface area contributed by atoms with Crippen LogP contribution in [-0.4, -0.2) is 18.5 Å². The molecule has 0 saturated heterocycles. The van der Waals surface area contributed by atoms with Crippen LogP contribution in [0.5, 0.6) is 0 Å². The average molecular weight is 330 g/mol. The molecule has 0 bridgehead atoms. The van der Waals surface area contributed by atoms with E-state index in [1.54, 1.807) is 42.5 Å². The summed E-state index contributed by atoms with van der Waals surface area (Å²) in [5.41, 5.74) is 0.658. The fourth-order valence-corrected chi connectivity index (χ4v) is 3.10. The summed E-state index contributed by atoms with van der Waals surface area (Å²) >= 11 is 0. The van der Waals surface area contributed by atoms with Crippen molar-refractivity contribution in [1.82, 2.24) is 4.98 Å². The summed E-state index contributed by atoms with van der Waals surface area (Å²) in [5.74, 6) is 0.341. The topological polar surface area (TPSA) is 92.4 Å². The van der Waals surface area contributed by atoms with Crippen LogP contribution in [0, 0.1) is 0 Å². The fourth-order valence-electron chi connectivity index (χ4n) is 2.07. The second kappa shape index (κ2) is 6.23. The quantitative estimate of drug-likeness (QED) is 0.750. The molecule has 0 amide bonds. The number of aliphatic hydroxyl groups excluding tert-OH is 1. The van der Waals surface area contributed by atoms with Crippen LogP contribution in [0.2, 0.25) is 0 Å². The van der Waals surface area contributed by atoms with Gasteiger partial charge in [-0.05, 0) is 12.1 Å². The third-order valence-corrected chi connectivity index (χ3v) is 4.48. The molecule has 0 aliphatic rings. The van der Waals surface area contributed by atoms with E-state index in [1.807, 2.05) is 6.07 Å². The number of aliphatic hydroxyl groups is 1. The molecule has 0 saturated carbocycles. The number of oxazole rings is 1. The number of rotatable bonds is 5. The van der Waals surface area contributed by atoms with Crippen molar-refractivity contribution >= 4 is 15.8 Å². The molecule has 0 radical (unpaired) electrons. The molecule has 0 spiro atoms. The predicted octanol–water partition coefficient (Wildman–Crippen LogP) is 2.63. The molecule has 0 aliphatic heterocycles. The Hall–Kier alpha value is -2.64. The second-order valence-corrected chi connectivity index (χ2v) is 6.41. The van der Waals surface area contributed by atoms with Crippen LogP contribution in [-0.2, 0) is 16.6 Å². The van der Waals surface area contributed by atoms with Crippen LogP contribution in [0.25, 0.3) is 11.3 Å². The summed E-state index contributed by atoms with van der Waals surface area (Å²) in [7, 11) is -3.79. The van der Waals surface area contributed by atoms with E-state index in [9.17, 15) is 13.5 Å².